The van der Waals surface area contributed by atoms with Crippen LogP contribution in [0.4, 0.5) is 4.39 Å². The van der Waals surface area contributed by atoms with Crippen molar-refractivity contribution in [2.75, 3.05) is 0 Å². The smallest absolute Gasteiger partial charge is 0.156 e. The minimum Gasteiger partial charge on any atom is -0.507 e. The van der Waals surface area contributed by atoms with E-state index in [9.17, 15) is 14.3 Å². The first-order valence-electron chi connectivity index (χ1n) is 4.16. The molecule has 0 bridgehead atoms. The lowest BCUT2D eigenvalue weighted by atomic mass is 10.1. The number of carbonyl (C=O) groups is 1. The lowest BCUT2D eigenvalue weighted by molar-refractivity contribution is -0.112. The van der Waals surface area contributed by atoms with Gasteiger partial charge in [-0.1, -0.05) is 0 Å². The fourth-order valence-corrected chi connectivity index (χ4v) is 1.04. The Labute approximate surface area is 86.1 Å². The maximum atomic E-state index is 13.1. The van der Waals surface area contributed by atoms with Crippen molar-refractivity contribution in [1.82, 2.24) is 0 Å². The van der Waals surface area contributed by atoms with Gasteiger partial charge in [0.05, 0.1) is 5.56 Å². The standard InChI is InChI=1S/C11H8FNO2/c1-7(14)4-11(15)8-2-3-9(6-13)10(12)5-8/h2-5,15H,1H3/b11-4-. The molecule has 0 aromatic heterocycles. The third-order valence-electron chi connectivity index (χ3n) is 1.73. The van der Waals surface area contributed by atoms with E-state index in [1.807, 2.05) is 0 Å². The van der Waals surface area contributed by atoms with Gasteiger partial charge in [-0.2, -0.15) is 5.26 Å². The first-order chi connectivity index (χ1) is 7.04. The molecule has 0 aliphatic carbocycles. The highest BCUT2D eigenvalue weighted by Gasteiger charge is 2.05. The normalized spacial score (nSPS) is 10.9. The lowest BCUT2D eigenvalue weighted by Gasteiger charge is -2.00. The Kier molecular flexibility index (Phi) is 3.19. The molecule has 1 aromatic carbocycles. The summed E-state index contributed by atoms with van der Waals surface area (Å²) in [6, 6.07) is 5.28. The SMILES string of the molecule is CC(=O)/C=C(\O)c1ccc(C#N)c(F)c1. The van der Waals surface area contributed by atoms with Crippen LogP contribution in [-0.2, 0) is 4.79 Å². The number of nitrogens with zero attached hydrogens (tertiary/aromatic N) is 1. The molecule has 3 nitrogen and oxygen atoms in total. The minimum atomic E-state index is -0.724. The van der Waals surface area contributed by atoms with Crippen molar-refractivity contribution in [2.45, 2.75) is 6.92 Å². The molecule has 0 saturated carbocycles. The molecular weight excluding hydrogens is 197 g/mol. The number of carbonyl (C=O) groups excluding carboxylic acids is 1. The van der Waals surface area contributed by atoms with E-state index in [0.717, 1.165) is 12.1 Å². The summed E-state index contributed by atoms with van der Waals surface area (Å²) in [4.78, 5) is 10.7. The first-order valence-corrected chi connectivity index (χ1v) is 4.16. The van der Waals surface area contributed by atoms with Crippen molar-refractivity contribution in [3.63, 3.8) is 0 Å². The third kappa shape index (κ3) is 2.64. The second kappa shape index (κ2) is 4.38. The second-order valence-corrected chi connectivity index (χ2v) is 2.95. The summed E-state index contributed by atoms with van der Waals surface area (Å²) in [5.41, 5.74) is 0.0658. The second-order valence-electron chi connectivity index (χ2n) is 2.95. The Morgan fingerprint density at radius 3 is 2.73 bits per heavy atom. The molecule has 0 spiro atoms. The van der Waals surface area contributed by atoms with Gasteiger partial charge in [0.25, 0.3) is 0 Å². The number of nitriles is 1. The van der Waals surface area contributed by atoms with Gasteiger partial charge in [0.15, 0.2) is 5.78 Å². The number of halogens is 1. The Balaban J connectivity index is 3.14. The Morgan fingerprint density at radius 1 is 1.60 bits per heavy atom. The van der Waals surface area contributed by atoms with Gasteiger partial charge in [-0.3, -0.25) is 4.79 Å². The number of allylic oxidation sites excluding steroid dienone is 1. The van der Waals surface area contributed by atoms with Crippen LogP contribution in [0.5, 0.6) is 0 Å². The summed E-state index contributed by atoms with van der Waals surface area (Å²) in [6.45, 7) is 1.27. The van der Waals surface area contributed by atoms with Gasteiger partial charge in [0.1, 0.15) is 17.6 Å². The van der Waals surface area contributed by atoms with Gasteiger partial charge in [-0.15, -0.1) is 0 Å². The number of aliphatic hydroxyl groups excluding tert-OH is 1. The zero-order chi connectivity index (χ0) is 11.4. The quantitative estimate of drug-likeness (QED) is 0.594. The van der Waals surface area contributed by atoms with Crippen molar-refractivity contribution in [2.24, 2.45) is 0 Å². The summed E-state index contributed by atoms with van der Waals surface area (Å²) in [5.74, 6) is -1.37. The third-order valence-corrected chi connectivity index (χ3v) is 1.73. The van der Waals surface area contributed by atoms with E-state index >= 15 is 0 Å². The first kappa shape index (κ1) is 10.9. The molecule has 15 heavy (non-hydrogen) atoms. The van der Waals surface area contributed by atoms with Crippen LogP contribution >= 0.6 is 0 Å². The molecule has 0 unspecified atom stereocenters. The molecule has 1 rings (SSSR count). The van der Waals surface area contributed by atoms with E-state index < -0.39 is 5.82 Å². The Bertz CT molecular complexity index is 472. The van der Waals surface area contributed by atoms with Crippen LogP contribution in [-0.4, -0.2) is 10.9 Å². The van der Waals surface area contributed by atoms with E-state index in [1.54, 1.807) is 6.07 Å². The molecule has 0 atom stereocenters. The highest BCUT2D eigenvalue weighted by Crippen LogP contribution is 2.15. The molecule has 4 heteroatoms. The minimum absolute atomic E-state index is 0.102. The zero-order valence-electron chi connectivity index (χ0n) is 7.99. The predicted octanol–water partition coefficient (Wildman–Crippen LogP) is 2.19. The molecular formula is C11H8FNO2. The van der Waals surface area contributed by atoms with Gasteiger partial charge in [-0.05, 0) is 25.1 Å². The number of benzene rings is 1. The molecule has 1 aromatic rings. The van der Waals surface area contributed by atoms with Crippen molar-refractivity contribution < 1.29 is 14.3 Å². The maximum absolute atomic E-state index is 13.1. The summed E-state index contributed by atoms with van der Waals surface area (Å²) in [5, 5.41) is 17.8. The Morgan fingerprint density at radius 2 is 2.27 bits per heavy atom. The van der Waals surface area contributed by atoms with Gasteiger partial charge < -0.3 is 5.11 Å². The summed E-state index contributed by atoms with van der Waals surface area (Å²) in [7, 11) is 0. The molecule has 0 amide bonds. The molecule has 76 valence electrons. The van der Waals surface area contributed by atoms with Crippen LogP contribution in [0.25, 0.3) is 5.76 Å². The zero-order valence-corrected chi connectivity index (χ0v) is 7.99. The monoisotopic (exact) mass is 205 g/mol. The van der Waals surface area contributed by atoms with E-state index in [1.165, 1.54) is 19.1 Å². The van der Waals surface area contributed by atoms with Gasteiger partial charge in [-0.25, -0.2) is 4.39 Å². The van der Waals surface area contributed by atoms with Crippen LogP contribution in [0.2, 0.25) is 0 Å². The molecule has 0 heterocycles. The van der Waals surface area contributed by atoms with Crippen LogP contribution in [0.3, 0.4) is 0 Å². The Hall–Kier alpha value is -2.15. The highest BCUT2D eigenvalue weighted by atomic mass is 19.1. The van der Waals surface area contributed by atoms with Crippen molar-refractivity contribution in [3.8, 4) is 6.07 Å². The molecule has 0 aliphatic heterocycles. The number of hydrogen-bond donors (Lipinski definition) is 1. The summed E-state index contributed by atoms with van der Waals surface area (Å²) in [6.07, 6.45) is 0.987. The fourth-order valence-electron chi connectivity index (χ4n) is 1.04. The molecule has 0 saturated heterocycles. The van der Waals surface area contributed by atoms with Crippen LogP contribution in [0, 0.1) is 17.1 Å². The highest BCUT2D eigenvalue weighted by molar-refractivity contribution is 5.93. The largest absolute Gasteiger partial charge is 0.507 e. The van der Waals surface area contributed by atoms with Gasteiger partial charge >= 0.3 is 0 Å². The fraction of sp³-hybridized carbons (Fsp3) is 0.0909. The van der Waals surface area contributed by atoms with Crippen molar-refractivity contribution in [3.05, 3.63) is 41.2 Å². The van der Waals surface area contributed by atoms with Crippen LogP contribution < -0.4 is 0 Å². The van der Waals surface area contributed by atoms with Crippen molar-refractivity contribution in [1.29, 1.82) is 5.26 Å². The van der Waals surface area contributed by atoms with Crippen LogP contribution in [0.15, 0.2) is 24.3 Å². The van der Waals surface area contributed by atoms with E-state index in [2.05, 4.69) is 0 Å². The molecule has 0 radical (unpaired) electrons. The number of aliphatic hydroxyl groups is 1. The summed E-state index contributed by atoms with van der Waals surface area (Å²) < 4.78 is 13.1. The number of rotatable bonds is 2. The van der Waals surface area contributed by atoms with E-state index in [-0.39, 0.29) is 22.7 Å². The summed E-state index contributed by atoms with van der Waals surface area (Å²) >= 11 is 0. The average Bonchev–Trinajstić information content (AvgIpc) is 2.16. The van der Waals surface area contributed by atoms with E-state index in [0.29, 0.717) is 0 Å². The molecule has 0 aliphatic rings. The molecule has 1 N–H and O–H groups in total. The maximum Gasteiger partial charge on any atom is 0.156 e. The molecule has 0 fully saturated rings. The predicted molar refractivity (Wildman–Crippen MR) is 52.4 cm³/mol. The van der Waals surface area contributed by atoms with Crippen LogP contribution in [0.1, 0.15) is 18.1 Å². The number of ketones is 1. The number of hydrogen-bond acceptors (Lipinski definition) is 3. The van der Waals surface area contributed by atoms with Crippen molar-refractivity contribution >= 4 is 11.5 Å². The topological polar surface area (TPSA) is 61.1 Å². The van der Waals surface area contributed by atoms with Gasteiger partial charge in [0, 0.05) is 11.6 Å². The lowest BCUT2D eigenvalue weighted by Crippen LogP contribution is -1.91. The van der Waals surface area contributed by atoms with Gasteiger partial charge in [0.2, 0.25) is 0 Å². The van der Waals surface area contributed by atoms with E-state index in [4.69, 9.17) is 5.26 Å². The average molecular weight is 205 g/mol.